The first kappa shape index (κ1) is 11.4. The molecule has 2 aliphatic rings. The van der Waals surface area contributed by atoms with E-state index >= 15 is 0 Å². The van der Waals surface area contributed by atoms with Crippen molar-refractivity contribution < 1.29 is 9.84 Å². The third-order valence-corrected chi connectivity index (χ3v) is 3.76. The maximum atomic E-state index is 10.1. The van der Waals surface area contributed by atoms with E-state index in [1.54, 1.807) is 0 Å². The monoisotopic (exact) mass is 213 g/mol. The lowest BCUT2D eigenvalue weighted by Crippen LogP contribution is -2.40. The Kier molecular flexibility index (Phi) is 4.00. The van der Waals surface area contributed by atoms with Crippen LogP contribution in [0.4, 0.5) is 0 Å². The molecule has 2 rings (SSSR count). The van der Waals surface area contributed by atoms with Crippen molar-refractivity contribution in [3.8, 4) is 0 Å². The summed E-state index contributed by atoms with van der Waals surface area (Å²) >= 11 is 0. The van der Waals surface area contributed by atoms with Crippen molar-refractivity contribution in [2.75, 3.05) is 26.3 Å². The van der Waals surface area contributed by atoms with Crippen molar-refractivity contribution in [2.24, 2.45) is 5.92 Å². The molecule has 0 aromatic rings. The van der Waals surface area contributed by atoms with Gasteiger partial charge in [0.2, 0.25) is 0 Å². The molecule has 88 valence electrons. The average molecular weight is 213 g/mol. The van der Waals surface area contributed by atoms with Crippen LogP contribution in [0, 0.1) is 5.92 Å². The zero-order chi connectivity index (χ0) is 10.6. The Bertz CT molecular complexity index is 184. The SMILES string of the molecule is OC1(CNCC2CCOCC2)CCCC1. The first-order valence-electron chi connectivity index (χ1n) is 6.29. The molecule has 0 radical (unpaired) electrons. The van der Waals surface area contributed by atoms with E-state index in [2.05, 4.69) is 5.32 Å². The highest BCUT2D eigenvalue weighted by molar-refractivity contribution is 4.86. The quantitative estimate of drug-likeness (QED) is 0.740. The summed E-state index contributed by atoms with van der Waals surface area (Å²) in [5, 5.41) is 13.6. The van der Waals surface area contributed by atoms with Gasteiger partial charge in [-0.2, -0.15) is 0 Å². The second kappa shape index (κ2) is 5.28. The van der Waals surface area contributed by atoms with Crippen molar-refractivity contribution in [2.45, 2.75) is 44.1 Å². The largest absolute Gasteiger partial charge is 0.389 e. The van der Waals surface area contributed by atoms with Gasteiger partial charge in [-0.1, -0.05) is 12.8 Å². The molecule has 3 nitrogen and oxygen atoms in total. The number of hydrogen-bond acceptors (Lipinski definition) is 3. The molecule has 2 N–H and O–H groups in total. The van der Waals surface area contributed by atoms with Crippen molar-refractivity contribution in [1.82, 2.24) is 5.32 Å². The lowest BCUT2D eigenvalue weighted by Gasteiger charge is -2.26. The van der Waals surface area contributed by atoms with Crippen LogP contribution >= 0.6 is 0 Å². The minimum Gasteiger partial charge on any atom is -0.389 e. The van der Waals surface area contributed by atoms with Gasteiger partial charge in [0.05, 0.1) is 5.60 Å². The standard InChI is InChI=1S/C12H23NO2/c14-12(5-1-2-6-12)10-13-9-11-3-7-15-8-4-11/h11,13-14H,1-10H2. The zero-order valence-corrected chi connectivity index (χ0v) is 9.50. The normalized spacial score (nSPS) is 27.0. The van der Waals surface area contributed by atoms with E-state index < -0.39 is 5.60 Å². The summed E-state index contributed by atoms with van der Waals surface area (Å²) in [5.74, 6) is 0.753. The Morgan fingerprint density at radius 3 is 2.53 bits per heavy atom. The third-order valence-electron chi connectivity index (χ3n) is 3.76. The Morgan fingerprint density at radius 2 is 1.87 bits per heavy atom. The van der Waals surface area contributed by atoms with Gasteiger partial charge in [-0.25, -0.2) is 0 Å². The Labute approximate surface area is 92.2 Å². The fourth-order valence-electron chi connectivity index (χ4n) is 2.67. The van der Waals surface area contributed by atoms with E-state index in [4.69, 9.17) is 4.74 Å². The van der Waals surface area contributed by atoms with Crippen molar-refractivity contribution in [1.29, 1.82) is 0 Å². The van der Waals surface area contributed by atoms with Gasteiger partial charge in [-0.05, 0) is 38.1 Å². The smallest absolute Gasteiger partial charge is 0.0771 e. The molecular weight excluding hydrogens is 190 g/mol. The van der Waals surface area contributed by atoms with Gasteiger partial charge in [0.25, 0.3) is 0 Å². The highest BCUT2D eigenvalue weighted by Crippen LogP contribution is 2.28. The summed E-state index contributed by atoms with van der Waals surface area (Å²) in [5.41, 5.74) is -0.398. The maximum absolute atomic E-state index is 10.1. The molecular formula is C12H23NO2. The molecule has 1 saturated heterocycles. The van der Waals surface area contributed by atoms with E-state index in [1.165, 1.54) is 25.7 Å². The molecule has 0 spiro atoms. The number of rotatable bonds is 4. The van der Waals surface area contributed by atoms with Crippen LogP contribution in [-0.2, 0) is 4.74 Å². The molecule has 0 amide bonds. The molecule has 0 unspecified atom stereocenters. The molecule has 0 aromatic heterocycles. The lowest BCUT2D eigenvalue weighted by atomic mass is 9.99. The summed E-state index contributed by atoms with van der Waals surface area (Å²) < 4.78 is 5.32. The molecule has 3 heteroatoms. The van der Waals surface area contributed by atoms with Gasteiger partial charge in [0.15, 0.2) is 0 Å². The zero-order valence-electron chi connectivity index (χ0n) is 9.50. The predicted octanol–water partition coefficient (Wildman–Crippen LogP) is 1.31. The summed E-state index contributed by atoms with van der Waals surface area (Å²) in [6.07, 6.45) is 6.68. The first-order chi connectivity index (χ1) is 7.29. The van der Waals surface area contributed by atoms with E-state index in [0.29, 0.717) is 0 Å². The Hall–Kier alpha value is -0.120. The van der Waals surface area contributed by atoms with Crippen molar-refractivity contribution >= 4 is 0 Å². The second-order valence-corrected chi connectivity index (χ2v) is 5.12. The lowest BCUT2D eigenvalue weighted by molar-refractivity contribution is 0.0402. The van der Waals surface area contributed by atoms with E-state index in [9.17, 15) is 5.11 Å². The number of hydrogen-bond donors (Lipinski definition) is 2. The average Bonchev–Trinajstić information content (AvgIpc) is 2.67. The summed E-state index contributed by atoms with van der Waals surface area (Å²) in [6.45, 7) is 3.66. The molecule has 1 aliphatic carbocycles. The second-order valence-electron chi connectivity index (χ2n) is 5.12. The minimum atomic E-state index is -0.398. The molecule has 1 saturated carbocycles. The van der Waals surface area contributed by atoms with Gasteiger partial charge in [0, 0.05) is 19.8 Å². The van der Waals surface area contributed by atoms with E-state index in [-0.39, 0.29) is 0 Å². The van der Waals surface area contributed by atoms with Gasteiger partial charge in [-0.15, -0.1) is 0 Å². The van der Waals surface area contributed by atoms with Crippen LogP contribution in [0.3, 0.4) is 0 Å². The van der Waals surface area contributed by atoms with E-state index in [1.807, 2.05) is 0 Å². The number of nitrogens with one attached hydrogen (secondary N) is 1. The van der Waals surface area contributed by atoms with Crippen LogP contribution in [0.5, 0.6) is 0 Å². The molecule has 1 heterocycles. The van der Waals surface area contributed by atoms with Gasteiger partial charge < -0.3 is 15.2 Å². The van der Waals surface area contributed by atoms with Crippen LogP contribution in [0.1, 0.15) is 38.5 Å². The summed E-state index contributed by atoms with van der Waals surface area (Å²) in [6, 6.07) is 0. The van der Waals surface area contributed by atoms with Gasteiger partial charge in [-0.3, -0.25) is 0 Å². The third kappa shape index (κ3) is 3.44. The van der Waals surface area contributed by atoms with Gasteiger partial charge >= 0.3 is 0 Å². The van der Waals surface area contributed by atoms with Crippen LogP contribution in [0.15, 0.2) is 0 Å². The molecule has 0 bridgehead atoms. The van der Waals surface area contributed by atoms with Gasteiger partial charge in [0.1, 0.15) is 0 Å². The highest BCUT2D eigenvalue weighted by Gasteiger charge is 2.30. The Morgan fingerprint density at radius 1 is 1.20 bits per heavy atom. The summed E-state index contributed by atoms with van der Waals surface area (Å²) in [4.78, 5) is 0. The molecule has 1 aliphatic heterocycles. The van der Waals surface area contributed by atoms with Crippen LogP contribution in [-0.4, -0.2) is 37.0 Å². The van der Waals surface area contributed by atoms with Crippen LogP contribution in [0.2, 0.25) is 0 Å². The van der Waals surface area contributed by atoms with Crippen molar-refractivity contribution in [3.63, 3.8) is 0 Å². The van der Waals surface area contributed by atoms with Crippen LogP contribution < -0.4 is 5.32 Å². The molecule has 0 atom stereocenters. The highest BCUT2D eigenvalue weighted by atomic mass is 16.5. The number of ether oxygens (including phenoxy) is 1. The molecule has 0 aromatic carbocycles. The fraction of sp³-hybridized carbons (Fsp3) is 1.00. The van der Waals surface area contributed by atoms with E-state index in [0.717, 1.165) is 45.1 Å². The summed E-state index contributed by atoms with van der Waals surface area (Å²) in [7, 11) is 0. The first-order valence-corrected chi connectivity index (χ1v) is 6.29. The molecule has 2 fully saturated rings. The number of aliphatic hydroxyl groups is 1. The Balaban J connectivity index is 1.61. The predicted molar refractivity (Wildman–Crippen MR) is 59.8 cm³/mol. The maximum Gasteiger partial charge on any atom is 0.0771 e. The van der Waals surface area contributed by atoms with Crippen molar-refractivity contribution in [3.05, 3.63) is 0 Å². The fourth-order valence-corrected chi connectivity index (χ4v) is 2.67. The molecule has 15 heavy (non-hydrogen) atoms. The van der Waals surface area contributed by atoms with Crippen LogP contribution in [0.25, 0.3) is 0 Å². The minimum absolute atomic E-state index is 0.398. The topological polar surface area (TPSA) is 41.5 Å².